The average molecular weight is 386 g/mol. The van der Waals surface area contributed by atoms with Gasteiger partial charge in [0, 0.05) is 18.5 Å². The van der Waals surface area contributed by atoms with E-state index < -0.39 is 0 Å². The molecule has 1 heterocycles. The maximum atomic E-state index is 13.0. The molecule has 0 unspecified atom stereocenters. The van der Waals surface area contributed by atoms with Gasteiger partial charge in [-0.2, -0.15) is 0 Å². The number of thiophene rings is 1. The summed E-state index contributed by atoms with van der Waals surface area (Å²) in [6, 6.07) is 23.4. The molecule has 0 spiro atoms. The zero-order valence-corrected chi connectivity index (χ0v) is 16.0. The fourth-order valence-corrected chi connectivity index (χ4v) is 4.02. The lowest BCUT2D eigenvalue weighted by Crippen LogP contribution is -2.33. The number of halogens is 1. The highest BCUT2D eigenvalue weighted by Gasteiger charge is 2.23. The number of ether oxygens (including phenoxy) is 1. The Morgan fingerprint density at radius 1 is 1.00 bits per heavy atom. The van der Waals surface area contributed by atoms with Crippen LogP contribution in [0.1, 0.15) is 28.0 Å². The molecule has 0 saturated heterocycles. The summed E-state index contributed by atoms with van der Waals surface area (Å²) in [4.78, 5) is 14.0. The van der Waals surface area contributed by atoms with Gasteiger partial charge in [0.1, 0.15) is 6.10 Å². The third-order valence-corrected chi connectivity index (χ3v) is 5.51. The lowest BCUT2D eigenvalue weighted by atomic mass is 9.90. The molecular weight excluding hydrogens is 366 g/mol. The predicted octanol–water partition coefficient (Wildman–Crippen LogP) is 5.04. The van der Waals surface area contributed by atoms with Gasteiger partial charge in [0.05, 0.1) is 10.3 Å². The standard InChI is InChI=1S/C21H20ClNO2S/c1-25-17(18-12-13-19(22)26-18)14-23-21(24)20(15-8-4-2-5-9-15)16-10-6-3-7-11-16/h2-13,17,20H,14H2,1H3,(H,23,24)/t17-/m1/s1. The Bertz CT molecular complexity index is 796. The first-order chi connectivity index (χ1) is 12.7. The van der Waals surface area contributed by atoms with Gasteiger partial charge in [0.15, 0.2) is 0 Å². The lowest BCUT2D eigenvalue weighted by molar-refractivity contribution is -0.122. The van der Waals surface area contributed by atoms with Crippen molar-refractivity contribution in [2.75, 3.05) is 13.7 Å². The minimum absolute atomic E-state index is 0.0490. The van der Waals surface area contributed by atoms with E-state index in [1.54, 1.807) is 7.11 Å². The molecule has 1 aromatic heterocycles. The zero-order chi connectivity index (χ0) is 18.4. The Balaban J connectivity index is 1.78. The van der Waals surface area contributed by atoms with E-state index in [9.17, 15) is 4.79 Å². The molecule has 0 radical (unpaired) electrons. The van der Waals surface area contributed by atoms with E-state index in [2.05, 4.69) is 5.32 Å². The molecule has 1 amide bonds. The second-order valence-corrected chi connectivity index (χ2v) is 7.61. The first-order valence-electron chi connectivity index (χ1n) is 8.34. The van der Waals surface area contributed by atoms with E-state index in [1.165, 1.54) is 11.3 Å². The summed E-state index contributed by atoms with van der Waals surface area (Å²) >= 11 is 7.47. The Hall–Kier alpha value is -2.14. The number of rotatable bonds is 7. The summed E-state index contributed by atoms with van der Waals surface area (Å²) in [6.45, 7) is 0.391. The fourth-order valence-electron chi connectivity index (χ4n) is 2.88. The Kier molecular flexibility index (Phi) is 6.45. The minimum atomic E-state index is -0.359. The van der Waals surface area contributed by atoms with E-state index >= 15 is 0 Å². The smallest absolute Gasteiger partial charge is 0.232 e. The molecule has 0 aliphatic carbocycles. The van der Waals surface area contributed by atoms with Crippen LogP contribution in [0.25, 0.3) is 0 Å². The van der Waals surface area contributed by atoms with Gasteiger partial charge in [-0.1, -0.05) is 72.3 Å². The molecule has 0 saturated carbocycles. The molecule has 5 heteroatoms. The van der Waals surface area contributed by atoms with Crippen molar-refractivity contribution in [1.29, 1.82) is 0 Å². The van der Waals surface area contributed by atoms with Crippen LogP contribution in [-0.2, 0) is 9.53 Å². The topological polar surface area (TPSA) is 38.3 Å². The first kappa shape index (κ1) is 18.6. The molecular formula is C21H20ClNO2S. The van der Waals surface area contributed by atoms with Crippen LogP contribution in [0.5, 0.6) is 0 Å². The second kappa shape index (κ2) is 8.99. The minimum Gasteiger partial charge on any atom is -0.374 e. The largest absolute Gasteiger partial charge is 0.374 e. The highest BCUT2D eigenvalue weighted by atomic mass is 35.5. The van der Waals surface area contributed by atoms with Gasteiger partial charge < -0.3 is 10.1 Å². The maximum Gasteiger partial charge on any atom is 0.232 e. The molecule has 2 aromatic carbocycles. The molecule has 0 fully saturated rings. The summed E-state index contributed by atoms with van der Waals surface area (Å²) in [5.41, 5.74) is 1.92. The van der Waals surface area contributed by atoms with Crippen molar-refractivity contribution < 1.29 is 9.53 Å². The van der Waals surface area contributed by atoms with Crippen molar-refractivity contribution in [3.8, 4) is 0 Å². The van der Waals surface area contributed by atoms with Crippen molar-refractivity contribution in [3.05, 3.63) is 93.1 Å². The molecule has 1 atom stereocenters. The summed E-state index contributed by atoms with van der Waals surface area (Å²) in [7, 11) is 1.64. The monoisotopic (exact) mass is 385 g/mol. The molecule has 0 aliphatic heterocycles. The highest BCUT2D eigenvalue weighted by molar-refractivity contribution is 7.16. The van der Waals surface area contributed by atoms with E-state index in [-0.39, 0.29) is 17.9 Å². The van der Waals surface area contributed by atoms with Crippen LogP contribution in [0.3, 0.4) is 0 Å². The number of methoxy groups -OCH3 is 1. The number of benzene rings is 2. The van der Waals surface area contributed by atoms with Crippen molar-refractivity contribution in [2.24, 2.45) is 0 Å². The highest BCUT2D eigenvalue weighted by Crippen LogP contribution is 2.29. The van der Waals surface area contributed by atoms with Gasteiger partial charge in [-0.05, 0) is 23.3 Å². The van der Waals surface area contributed by atoms with Gasteiger partial charge in [-0.25, -0.2) is 0 Å². The number of carbonyl (C=O) groups excluding carboxylic acids is 1. The number of amides is 1. The quantitative estimate of drug-likeness (QED) is 0.618. The summed E-state index contributed by atoms with van der Waals surface area (Å²) < 4.78 is 6.24. The maximum absolute atomic E-state index is 13.0. The number of hydrogen-bond donors (Lipinski definition) is 1. The van der Waals surface area contributed by atoms with Crippen LogP contribution in [0, 0.1) is 0 Å². The SMILES string of the molecule is CO[C@H](CNC(=O)C(c1ccccc1)c1ccccc1)c1ccc(Cl)s1. The van der Waals surface area contributed by atoms with E-state index in [0.29, 0.717) is 10.9 Å². The van der Waals surface area contributed by atoms with Crippen LogP contribution in [-0.4, -0.2) is 19.6 Å². The van der Waals surface area contributed by atoms with Crippen LogP contribution in [0.4, 0.5) is 0 Å². The molecule has 0 aliphatic rings. The fraction of sp³-hybridized carbons (Fsp3) is 0.190. The van der Waals surface area contributed by atoms with E-state index in [1.807, 2.05) is 72.8 Å². The number of carbonyl (C=O) groups is 1. The van der Waals surface area contributed by atoms with E-state index in [4.69, 9.17) is 16.3 Å². The van der Waals surface area contributed by atoms with Crippen molar-refractivity contribution in [3.63, 3.8) is 0 Å². The first-order valence-corrected chi connectivity index (χ1v) is 9.54. The Morgan fingerprint density at radius 2 is 1.58 bits per heavy atom. The third kappa shape index (κ3) is 4.52. The van der Waals surface area contributed by atoms with Gasteiger partial charge in [0.2, 0.25) is 5.91 Å². The Labute approximate surface area is 162 Å². The summed E-state index contributed by atoms with van der Waals surface area (Å²) in [5, 5.41) is 3.04. The molecule has 134 valence electrons. The van der Waals surface area contributed by atoms with Gasteiger partial charge in [0.25, 0.3) is 0 Å². The van der Waals surface area contributed by atoms with Crippen molar-refractivity contribution in [1.82, 2.24) is 5.32 Å². The number of nitrogens with one attached hydrogen (secondary N) is 1. The average Bonchev–Trinajstić information content (AvgIpc) is 3.10. The summed E-state index contributed by atoms with van der Waals surface area (Å²) in [6.07, 6.45) is -0.219. The van der Waals surface area contributed by atoms with Crippen molar-refractivity contribution >= 4 is 28.8 Å². The van der Waals surface area contributed by atoms with Crippen LogP contribution in [0.2, 0.25) is 4.34 Å². The van der Waals surface area contributed by atoms with Crippen LogP contribution in [0.15, 0.2) is 72.8 Å². The van der Waals surface area contributed by atoms with Crippen LogP contribution >= 0.6 is 22.9 Å². The summed E-state index contributed by atoms with van der Waals surface area (Å²) in [5.74, 6) is -0.408. The van der Waals surface area contributed by atoms with Gasteiger partial charge in [-0.3, -0.25) is 4.79 Å². The molecule has 3 aromatic rings. The number of hydrogen-bond acceptors (Lipinski definition) is 3. The van der Waals surface area contributed by atoms with Crippen molar-refractivity contribution in [2.45, 2.75) is 12.0 Å². The van der Waals surface area contributed by atoms with Gasteiger partial charge >= 0.3 is 0 Å². The molecule has 26 heavy (non-hydrogen) atoms. The second-order valence-electron chi connectivity index (χ2n) is 5.87. The van der Waals surface area contributed by atoms with Crippen LogP contribution < -0.4 is 5.32 Å². The molecule has 3 nitrogen and oxygen atoms in total. The Morgan fingerprint density at radius 3 is 2.04 bits per heavy atom. The zero-order valence-electron chi connectivity index (χ0n) is 14.4. The normalized spacial score (nSPS) is 12.1. The van der Waals surface area contributed by atoms with E-state index in [0.717, 1.165) is 16.0 Å². The third-order valence-electron chi connectivity index (χ3n) is 4.19. The molecule has 3 rings (SSSR count). The molecule has 0 bridgehead atoms. The van der Waals surface area contributed by atoms with Gasteiger partial charge in [-0.15, -0.1) is 11.3 Å². The predicted molar refractivity (Wildman–Crippen MR) is 107 cm³/mol. The lowest BCUT2D eigenvalue weighted by Gasteiger charge is -2.20. The molecule has 1 N–H and O–H groups in total.